The lowest BCUT2D eigenvalue weighted by Crippen LogP contribution is -2.31. The van der Waals surface area contributed by atoms with Crippen molar-refractivity contribution in [3.8, 4) is 0 Å². The molecule has 0 aromatic heterocycles. The van der Waals surface area contributed by atoms with Gasteiger partial charge in [-0.3, -0.25) is 0 Å². The van der Waals surface area contributed by atoms with Gasteiger partial charge in [-0.25, -0.2) is 4.79 Å². The van der Waals surface area contributed by atoms with Gasteiger partial charge < -0.3 is 14.1 Å². The number of ether oxygens (including phenoxy) is 1. The molecule has 5 heteroatoms. The molecule has 2 unspecified atom stereocenters. The number of likely N-dealkylation sites (tertiary alicyclic amines) is 1. The van der Waals surface area contributed by atoms with Gasteiger partial charge in [-0.05, 0) is 31.1 Å². The van der Waals surface area contributed by atoms with Gasteiger partial charge in [0, 0.05) is 19.0 Å². The number of nitrogens with zero attached hydrogens (tertiary/aromatic N) is 1. The van der Waals surface area contributed by atoms with E-state index in [9.17, 15) is 4.79 Å². The zero-order valence-electron chi connectivity index (χ0n) is 15.2. The molecular formula is C19H29NO3Si. The third kappa shape index (κ3) is 5.13. The van der Waals surface area contributed by atoms with Crippen LogP contribution in [0.4, 0.5) is 4.79 Å². The number of benzene rings is 1. The van der Waals surface area contributed by atoms with Crippen LogP contribution in [0.1, 0.15) is 18.9 Å². The highest BCUT2D eigenvalue weighted by Crippen LogP contribution is 2.33. The van der Waals surface area contributed by atoms with Crippen LogP contribution in [-0.4, -0.2) is 32.4 Å². The molecular weight excluding hydrogens is 318 g/mol. The Kier molecular flexibility index (Phi) is 6.10. The Bertz CT molecular complexity index is 568. The average Bonchev–Trinajstić information content (AvgIpc) is 2.96. The molecule has 0 bridgehead atoms. The Hall–Kier alpha value is -1.75. The SMILES string of the molecule is C=C(O[Si](C)(C)C)C1CN(C(=O)OCc2ccccc2)CC1CC. The van der Waals surface area contributed by atoms with Crippen molar-refractivity contribution in [1.82, 2.24) is 4.90 Å². The van der Waals surface area contributed by atoms with E-state index in [1.54, 1.807) is 4.90 Å². The highest BCUT2D eigenvalue weighted by Gasteiger charge is 2.38. The Morgan fingerprint density at radius 3 is 2.50 bits per heavy atom. The fourth-order valence-corrected chi connectivity index (χ4v) is 4.02. The minimum absolute atomic E-state index is 0.200. The number of hydrogen-bond acceptors (Lipinski definition) is 3. The van der Waals surface area contributed by atoms with Crippen LogP contribution in [0.15, 0.2) is 42.7 Å². The summed E-state index contributed by atoms with van der Waals surface area (Å²) < 4.78 is 11.5. The Morgan fingerprint density at radius 2 is 1.92 bits per heavy atom. The molecule has 2 atom stereocenters. The van der Waals surface area contributed by atoms with Crippen LogP contribution in [0.2, 0.25) is 19.6 Å². The van der Waals surface area contributed by atoms with Gasteiger partial charge in [0.25, 0.3) is 0 Å². The molecule has 1 aliphatic rings. The van der Waals surface area contributed by atoms with Crippen LogP contribution in [0.3, 0.4) is 0 Å². The highest BCUT2D eigenvalue weighted by atomic mass is 28.4. The second-order valence-corrected chi connectivity index (χ2v) is 11.8. The summed E-state index contributed by atoms with van der Waals surface area (Å²) in [4.78, 5) is 14.2. The molecule has 0 radical (unpaired) electrons. The van der Waals surface area contributed by atoms with Crippen molar-refractivity contribution in [3.05, 3.63) is 48.2 Å². The summed E-state index contributed by atoms with van der Waals surface area (Å²) in [6.45, 7) is 14.4. The Labute approximate surface area is 146 Å². The van der Waals surface area contributed by atoms with Crippen LogP contribution in [-0.2, 0) is 15.8 Å². The largest absolute Gasteiger partial charge is 0.548 e. The van der Waals surface area contributed by atoms with E-state index >= 15 is 0 Å². The lowest BCUT2D eigenvalue weighted by molar-refractivity contribution is 0.102. The zero-order valence-corrected chi connectivity index (χ0v) is 16.2. The second kappa shape index (κ2) is 7.88. The summed E-state index contributed by atoms with van der Waals surface area (Å²) in [7, 11) is -1.67. The molecule has 132 valence electrons. The topological polar surface area (TPSA) is 38.8 Å². The first kappa shape index (κ1) is 18.6. The van der Waals surface area contributed by atoms with Crippen LogP contribution < -0.4 is 0 Å². The fraction of sp³-hybridized carbons (Fsp3) is 0.526. The smallest absolute Gasteiger partial charge is 0.410 e. The number of carbonyl (C=O) groups excluding carboxylic acids is 1. The molecule has 0 N–H and O–H groups in total. The summed E-state index contributed by atoms with van der Waals surface area (Å²) in [6.07, 6.45) is 0.752. The zero-order chi connectivity index (χ0) is 17.7. The maximum absolute atomic E-state index is 12.4. The molecule has 1 aromatic carbocycles. The average molecular weight is 348 g/mol. The van der Waals surface area contributed by atoms with Crippen LogP contribution in [0.25, 0.3) is 0 Å². The Balaban J connectivity index is 1.92. The molecule has 1 aliphatic heterocycles. The van der Waals surface area contributed by atoms with Crippen LogP contribution in [0, 0.1) is 11.8 Å². The summed E-state index contributed by atoms with van der Waals surface area (Å²) in [6, 6.07) is 9.75. The van der Waals surface area contributed by atoms with Gasteiger partial charge in [-0.2, -0.15) is 0 Å². The third-order valence-electron chi connectivity index (χ3n) is 4.28. The van der Waals surface area contributed by atoms with Gasteiger partial charge in [-0.1, -0.05) is 50.3 Å². The highest BCUT2D eigenvalue weighted by molar-refractivity contribution is 6.70. The van der Waals surface area contributed by atoms with E-state index in [1.165, 1.54) is 0 Å². The van der Waals surface area contributed by atoms with Crippen molar-refractivity contribution in [2.75, 3.05) is 13.1 Å². The summed E-state index contributed by atoms with van der Waals surface area (Å²) in [5, 5.41) is 0. The van der Waals surface area contributed by atoms with Crippen molar-refractivity contribution in [1.29, 1.82) is 0 Å². The van der Waals surface area contributed by atoms with Crippen molar-refractivity contribution in [3.63, 3.8) is 0 Å². The van der Waals surface area contributed by atoms with Gasteiger partial charge >= 0.3 is 6.09 Å². The first-order chi connectivity index (χ1) is 11.3. The van der Waals surface area contributed by atoms with Crippen molar-refractivity contribution in [2.45, 2.75) is 39.6 Å². The molecule has 2 rings (SSSR count). The van der Waals surface area contributed by atoms with Crippen LogP contribution in [0.5, 0.6) is 0 Å². The lowest BCUT2D eigenvalue weighted by Gasteiger charge is -2.27. The normalized spacial score (nSPS) is 20.8. The van der Waals surface area contributed by atoms with Gasteiger partial charge in [0.2, 0.25) is 8.32 Å². The number of carbonyl (C=O) groups is 1. The molecule has 1 saturated heterocycles. The summed E-state index contributed by atoms with van der Waals surface area (Å²) >= 11 is 0. The molecule has 1 fully saturated rings. The first-order valence-electron chi connectivity index (χ1n) is 8.63. The second-order valence-electron chi connectivity index (χ2n) is 7.40. The van der Waals surface area contributed by atoms with Crippen molar-refractivity contribution < 1.29 is 14.0 Å². The minimum Gasteiger partial charge on any atom is -0.548 e. The van der Waals surface area contributed by atoms with E-state index in [-0.39, 0.29) is 12.0 Å². The monoisotopic (exact) mass is 347 g/mol. The lowest BCUT2D eigenvalue weighted by atomic mass is 9.92. The molecule has 4 nitrogen and oxygen atoms in total. The third-order valence-corrected chi connectivity index (χ3v) is 5.15. The number of hydrogen-bond donors (Lipinski definition) is 0. The maximum Gasteiger partial charge on any atom is 0.410 e. The molecule has 0 spiro atoms. The molecule has 0 aliphatic carbocycles. The van der Waals surface area contributed by atoms with Gasteiger partial charge in [0.05, 0.1) is 5.76 Å². The van der Waals surface area contributed by atoms with Crippen molar-refractivity contribution >= 4 is 14.4 Å². The van der Waals surface area contributed by atoms with Crippen LogP contribution >= 0.6 is 0 Å². The van der Waals surface area contributed by atoms with Crippen molar-refractivity contribution in [2.24, 2.45) is 11.8 Å². The van der Waals surface area contributed by atoms with E-state index in [0.717, 1.165) is 17.7 Å². The first-order valence-corrected chi connectivity index (χ1v) is 12.0. The minimum atomic E-state index is -1.67. The quantitative estimate of drug-likeness (QED) is 0.555. The van der Waals surface area contributed by atoms with Gasteiger partial charge in [0.1, 0.15) is 6.61 Å². The molecule has 0 saturated carbocycles. The summed E-state index contributed by atoms with van der Waals surface area (Å²) in [5.74, 6) is 1.42. The standard InChI is InChI=1S/C19H29NO3Si/c1-6-17-12-20(13-18(17)15(2)23-24(3,4)5)19(21)22-14-16-10-8-7-9-11-16/h7-11,17-18H,2,6,12-14H2,1,3-5H3. The number of rotatable bonds is 6. The van der Waals surface area contributed by atoms with Gasteiger partial charge in [0.15, 0.2) is 0 Å². The number of amides is 1. The summed E-state index contributed by atoms with van der Waals surface area (Å²) in [5.41, 5.74) is 1.00. The van der Waals surface area contributed by atoms with E-state index in [0.29, 0.717) is 25.6 Å². The van der Waals surface area contributed by atoms with E-state index in [2.05, 4.69) is 33.1 Å². The molecule has 1 aromatic rings. The van der Waals surface area contributed by atoms with E-state index in [1.807, 2.05) is 30.3 Å². The predicted octanol–water partition coefficient (Wildman–Crippen LogP) is 4.65. The molecule has 1 amide bonds. The van der Waals surface area contributed by atoms with E-state index in [4.69, 9.17) is 9.16 Å². The predicted molar refractivity (Wildman–Crippen MR) is 99.0 cm³/mol. The molecule has 24 heavy (non-hydrogen) atoms. The molecule has 1 heterocycles. The van der Waals surface area contributed by atoms with Gasteiger partial charge in [-0.15, -0.1) is 0 Å². The van der Waals surface area contributed by atoms with E-state index < -0.39 is 8.32 Å². The Morgan fingerprint density at radius 1 is 1.25 bits per heavy atom. The fourth-order valence-electron chi connectivity index (χ4n) is 3.08. The maximum atomic E-state index is 12.4.